The van der Waals surface area contributed by atoms with E-state index in [1.165, 1.54) is 10.6 Å². The van der Waals surface area contributed by atoms with Gasteiger partial charge < -0.3 is 14.0 Å². The van der Waals surface area contributed by atoms with Crippen molar-refractivity contribution >= 4 is 17.0 Å². The van der Waals surface area contributed by atoms with Crippen molar-refractivity contribution in [3.63, 3.8) is 0 Å². The molecular formula is C21H25N3O4. The Hall–Kier alpha value is -3.09. The van der Waals surface area contributed by atoms with Crippen molar-refractivity contribution in [2.24, 2.45) is 7.05 Å². The first-order chi connectivity index (χ1) is 13.4. The molecule has 0 bridgehead atoms. The molecule has 0 radical (unpaired) electrons. The van der Waals surface area contributed by atoms with Crippen molar-refractivity contribution in [3.05, 3.63) is 52.1 Å². The van der Waals surface area contributed by atoms with E-state index in [-0.39, 0.29) is 18.3 Å². The zero-order valence-corrected chi connectivity index (χ0v) is 16.9. The number of pyridine rings is 2. The molecule has 0 unspecified atom stereocenters. The average Bonchev–Trinajstić information content (AvgIpc) is 2.92. The summed E-state index contributed by atoms with van der Waals surface area (Å²) in [5, 5.41) is 0. The maximum Gasteiger partial charge on any atom is 0.358 e. The van der Waals surface area contributed by atoms with Crippen LogP contribution in [0.1, 0.15) is 43.7 Å². The number of fused-ring (bicyclic) bond motifs is 1. The van der Waals surface area contributed by atoms with Crippen molar-refractivity contribution in [1.82, 2.24) is 14.1 Å². The molecule has 0 aliphatic heterocycles. The number of esters is 1. The smallest absolute Gasteiger partial charge is 0.358 e. The number of aryl methyl sites for hydroxylation is 2. The summed E-state index contributed by atoms with van der Waals surface area (Å²) in [6.45, 7) is 7.80. The fraction of sp³-hybridized carbons (Fsp3) is 0.381. The molecule has 0 atom stereocenters. The second kappa shape index (κ2) is 7.88. The minimum Gasteiger partial charge on any atom is -0.486 e. The van der Waals surface area contributed by atoms with Crippen LogP contribution in [0.5, 0.6) is 5.75 Å². The molecular weight excluding hydrogens is 358 g/mol. The van der Waals surface area contributed by atoms with Gasteiger partial charge in [0.1, 0.15) is 11.3 Å². The van der Waals surface area contributed by atoms with Crippen molar-refractivity contribution in [3.8, 4) is 11.6 Å². The van der Waals surface area contributed by atoms with Crippen molar-refractivity contribution < 1.29 is 14.3 Å². The molecule has 3 aromatic rings. The summed E-state index contributed by atoms with van der Waals surface area (Å²) in [5.41, 5.74) is 2.33. The van der Waals surface area contributed by atoms with Gasteiger partial charge in [-0.3, -0.25) is 9.36 Å². The summed E-state index contributed by atoms with van der Waals surface area (Å²) in [6, 6.07) is 6.92. The van der Waals surface area contributed by atoms with E-state index in [4.69, 9.17) is 14.5 Å². The zero-order valence-electron chi connectivity index (χ0n) is 16.9. The molecule has 3 heterocycles. The minimum atomic E-state index is -0.463. The second-order valence-corrected chi connectivity index (χ2v) is 6.73. The number of aromatic nitrogens is 3. The van der Waals surface area contributed by atoms with E-state index in [0.29, 0.717) is 29.2 Å². The Kier molecular flexibility index (Phi) is 5.53. The lowest BCUT2D eigenvalue weighted by atomic mass is 10.1. The van der Waals surface area contributed by atoms with Gasteiger partial charge in [-0.05, 0) is 44.9 Å². The fourth-order valence-electron chi connectivity index (χ4n) is 3.19. The van der Waals surface area contributed by atoms with Gasteiger partial charge in [-0.1, -0.05) is 13.0 Å². The van der Waals surface area contributed by atoms with E-state index >= 15 is 0 Å². The standard InChI is InChI=1S/C21H25N3O4/c1-6-14-12-15-17(22-20(14)24-11-9-8-10-16(24)25)19(28-13(3)4)18(23(15)5)21(26)27-7-2/h8-13H,6-7H2,1-5H3. The molecule has 148 valence electrons. The molecule has 7 nitrogen and oxygen atoms in total. The molecule has 0 saturated carbocycles. The Labute approximate surface area is 163 Å². The van der Waals surface area contributed by atoms with Gasteiger partial charge in [-0.2, -0.15) is 0 Å². The number of carbonyl (C=O) groups excluding carboxylic acids is 1. The molecule has 0 saturated heterocycles. The zero-order chi connectivity index (χ0) is 20.4. The first-order valence-electron chi connectivity index (χ1n) is 9.43. The second-order valence-electron chi connectivity index (χ2n) is 6.73. The van der Waals surface area contributed by atoms with Gasteiger partial charge in [-0.15, -0.1) is 0 Å². The van der Waals surface area contributed by atoms with Gasteiger partial charge in [0, 0.05) is 19.3 Å². The predicted molar refractivity (Wildman–Crippen MR) is 107 cm³/mol. The summed E-state index contributed by atoms with van der Waals surface area (Å²) in [7, 11) is 1.79. The van der Waals surface area contributed by atoms with E-state index in [9.17, 15) is 9.59 Å². The van der Waals surface area contributed by atoms with Crippen LogP contribution in [0, 0.1) is 0 Å². The fourth-order valence-corrected chi connectivity index (χ4v) is 3.19. The number of ether oxygens (including phenoxy) is 2. The lowest BCUT2D eigenvalue weighted by Gasteiger charge is -2.12. The largest absolute Gasteiger partial charge is 0.486 e. The van der Waals surface area contributed by atoms with Gasteiger partial charge in [0.15, 0.2) is 11.4 Å². The quantitative estimate of drug-likeness (QED) is 0.611. The molecule has 28 heavy (non-hydrogen) atoms. The summed E-state index contributed by atoms with van der Waals surface area (Å²) in [4.78, 5) is 29.7. The Morgan fingerprint density at radius 2 is 2.00 bits per heavy atom. The highest BCUT2D eigenvalue weighted by Gasteiger charge is 2.27. The van der Waals surface area contributed by atoms with Crippen LogP contribution in [-0.4, -0.2) is 32.8 Å². The molecule has 0 fully saturated rings. The average molecular weight is 383 g/mol. The van der Waals surface area contributed by atoms with Gasteiger partial charge in [0.2, 0.25) is 0 Å². The van der Waals surface area contributed by atoms with Crippen molar-refractivity contribution in [2.45, 2.75) is 40.2 Å². The summed E-state index contributed by atoms with van der Waals surface area (Å²) in [5.74, 6) is 0.448. The van der Waals surface area contributed by atoms with Crippen molar-refractivity contribution in [1.29, 1.82) is 0 Å². The van der Waals surface area contributed by atoms with Crippen LogP contribution in [0.25, 0.3) is 16.9 Å². The summed E-state index contributed by atoms with van der Waals surface area (Å²) < 4.78 is 14.5. The third-order valence-corrected chi connectivity index (χ3v) is 4.44. The molecule has 0 N–H and O–H groups in total. The molecule has 7 heteroatoms. The molecule has 0 aliphatic carbocycles. The van der Waals surface area contributed by atoms with E-state index in [1.54, 1.807) is 36.9 Å². The molecule has 0 aromatic carbocycles. The number of nitrogens with zero attached hydrogens (tertiary/aromatic N) is 3. The number of rotatable bonds is 6. The maximum absolute atomic E-state index is 12.6. The lowest BCUT2D eigenvalue weighted by Crippen LogP contribution is -2.18. The van der Waals surface area contributed by atoms with E-state index < -0.39 is 5.97 Å². The molecule has 0 aliphatic rings. The van der Waals surface area contributed by atoms with E-state index in [1.807, 2.05) is 26.8 Å². The normalized spacial score (nSPS) is 11.2. The van der Waals surface area contributed by atoms with Gasteiger partial charge in [-0.25, -0.2) is 9.78 Å². The number of hydrogen-bond donors (Lipinski definition) is 0. The van der Waals surface area contributed by atoms with Crippen LogP contribution in [-0.2, 0) is 18.2 Å². The first kappa shape index (κ1) is 19.7. The molecule has 3 rings (SSSR count). The summed E-state index contributed by atoms with van der Waals surface area (Å²) in [6.07, 6.45) is 2.21. The maximum atomic E-state index is 12.6. The Morgan fingerprint density at radius 3 is 2.61 bits per heavy atom. The van der Waals surface area contributed by atoms with Crippen LogP contribution in [0.3, 0.4) is 0 Å². The predicted octanol–water partition coefficient (Wildman–Crippen LogP) is 3.25. The highest BCUT2D eigenvalue weighted by molar-refractivity contribution is 6.00. The Morgan fingerprint density at radius 1 is 1.25 bits per heavy atom. The van der Waals surface area contributed by atoms with Crippen LogP contribution >= 0.6 is 0 Å². The highest BCUT2D eigenvalue weighted by atomic mass is 16.5. The van der Waals surface area contributed by atoms with Crippen LogP contribution in [0.4, 0.5) is 0 Å². The monoisotopic (exact) mass is 383 g/mol. The van der Waals surface area contributed by atoms with Crippen molar-refractivity contribution in [2.75, 3.05) is 6.61 Å². The van der Waals surface area contributed by atoms with E-state index in [2.05, 4.69) is 0 Å². The molecule has 3 aromatic heterocycles. The Bertz CT molecular complexity index is 1080. The SMILES string of the molecule is CCOC(=O)c1c(OC(C)C)c2nc(-n3ccccc3=O)c(CC)cc2n1C. The van der Waals surface area contributed by atoms with Crippen LogP contribution < -0.4 is 10.3 Å². The minimum absolute atomic E-state index is 0.158. The van der Waals surface area contributed by atoms with Crippen LogP contribution in [0.15, 0.2) is 35.3 Å². The molecule has 0 amide bonds. The third kappa shape index (κ3) is 3.40. The number of hydrogen-bond acceptors (Lipinski definition) is 5. The third-order valence-electron chi connectivity index (χ3n) is 4.44. The Balaban J connectivity index is 2.36. The topological polar surface area (TPSA) is 75.3 Å². The first-order valence-corrected chi connectivity index (χ1v) is 9.43. The van der Waals surface area contributed by atoms with Crippen LogP contribution in [0.2, 0.25) is 0 Å². The van der Waals surface area contributed by atoms with Gasteiger partial charge in [0.05, 0.1) is 18.2 Å². The van der Waals surface area contributed by atoms with E-state index in [0.717, 1.165) is 11.1 Å². The highest BCUT2D eigenvalue weighted by Crippen LogP contribution is 2.34. The molecule has 0 spiro atoms. The van der Waals surface area contributed by atoms with Gasteiger partial charge in [0.25, 0.3) is 5.56 Å². The lowest BCUT2D eigenvalue weighted by molar-refractivity contribution is 0.0509. The number of carbonyl (C=O) groups is 1. The summed E-state index contributed by atoms with van der Waals surface area (Å²) >= 11 is 0. The van der Waals surface area contributed by atoms with Gasteiger partial charge >= 0.3 is 5.97 Å².